The minimum absolute atomic E-state index is 0.0802. The molecule has 0 aliphatic carbocycles. The largest absolute Gasteiger partial charge is 0.381 e. The van der Waals surface area contributed by atoms with Crippen LogP contribution in [0.4, 0.5) is 17.6 Å². The van der Waals surface area contributed by atoms with E-state index in [2.05, 4.69) is 15.2 Å². The number of benzene rings is 2. The highest BCUT2D eigenvalue weighted by molar-refractivity contribution is 5.82. The van der Waals surface area contributed by atoms with Gasteiger partial charge in [-0.1, -0.05) is 6.07 Å². The number of aromatic nitrogens is 5. The average Bonchev–Trinajstić information content (AvgIpc) is 3.29. The number of hydrogen-bond acceptors (Lipinski definition) is 4. The van der Waals surface area contributed by atoms with Crippen LogP contribution < -0.4 is 0 Å². The smallest absolute Gasteiger partial charge is 0.154 e. The lowest BCUT2D eigenvalue weighted by atomic mass is 9.86. The second-order valence-electron chi connectivity index (χ2n) is 7.13. The number of fused-ring (bicyclic) bond motifs is 1. The van der Waals surface area contributed by atoms with E-state index >= 15 is 0 Å². The fourth-order valence-corrected chi connectivity index (χ4v) is 3.67. The third-order valence-electron chi connectivity index (χ3n) is 5.29. The fraction of sp³-hybridized carbons (Fsp3) is 0.250. The quantitative estimate of drug-likeness (QED) is 0.502. The summed E-state index contributed by atoms with van der Waals surface area (Å²) in [6.45, 7) is 2.89. The number of nitrogens with zero attached hydrogens (tertiary/aromatic N) is 5. The summed E-state index contributed by atoms with van der Waals surface area (Å²) in [5.41, 5.74) is -1.88. The summed E-state index contributed by atoms with van der Waals surface area (Å²) >= 11 is 0. The van der Waals surface area contributed by atoms with Crippen LogP contribution in [0.5, 0.6) is 0 Å². The van der Waals surface area contributed by atoms with Crippen LogP contribution in [0.25, 0.3) is 10.9 Å². The van der Waals surface area contributed by atoms with Gasteiger partial charge in [0.15, 0.2) is 5.82 Å². The summed E-state index contributed by atoms with van der Waals surface area (Å²) in [4.78, 5) is 3.82. The Labute approximate surface area is 168 Å². The standard InChI is InChI=1S/C20H17F4N5O/c1-11-15-5-14(22)7-18(24)19(15)27-29(11)12(2)20(30,8-28-10-25-9-26-28)16-4-3-13(21)6-17(16)23/h3-7,9-10,12,30H,8H2,1-2H3/t12-,20-/m1/s1. The van der Waals surface area contributed by atoms with Crippen LogP contribution in [0.3, 0.4) is 0 Å². The van der Waals surface area contributed by atoms with E-state index in [4.69, 9.17) is 0 Å². The molecule has 156 valence electrons. The zero-order chi connectivity index (χ0) is 21.6. The van der Waals surface area contributed by atoms with Crippen molar-refractivity contribution >= 4 is 10.9 Å². The van der Waals surface area contributed by atoms with Gasteiger partial charge in [-0.05, 0) is 26.0 Å². The van der Waals surface area contributed by atoms with Crippen LogP contribution in [0.15, 0.2) is 43.0 Å². The van der Waals surface area contributed by atoms with Crippen LogP contribution >= 0.6 is 0 Å². The van der Waals surface area contributed by atoms with Crippen molar-refractivity contribution in [3.63, 3.8) is 0 Å². The zero-order valence-electron chi connectivity index (χ0n) is 16.0. The maximum Gasteiger partial charge on any atom is 0.154 e. The maximum atomic E-state index is 14.7. The van der Waals surface area contributed by atoms with Crippen molar-refractivity contribution in [2.24, 2.45) is 0 Å². The summed E-state index contributed by atoms with van der Waals surface area (Å²) in [7, 11) is 0. The molecule has 4 aromatic rings. The molecule has 4 rings (SSSR count). The summed E-state index contributed by atoms with van der Waals surface area (Å²) in [6, 6.07) is 3.70. The summed E-state index contributed by atoms with van der Waals surface area (Å²) < 4.78 is 58.7. The summed E-state index contributed by atoms with van der Waals surface area (Å²) in [5, 5.41) is 20.0. The van der Waals surface area contributed by atoms with E-state index in [1.807, 2.05) is 0 Å². The maximum absolute atomic E-state index is 14.7. The normalized spacial score (nSPS) is 14.8. The molecule has 0 saturated heterocycles. The molecule has 0 bridgehead atoms. The molecule has 6 nitrogen and oxygen atoms in total. The Kier molecular flexibility index (Phi) is 4.81. The van der Waals surface area contributed by atoms with Crippen LogP contribution in [-0.2, 0) is 12.1 Å². The molecular formula is C20H17F4N5O. The van der Waals surface area contributed by atoms with Crippen molar-refractivity contribution in [1.82, 2.24) is 24.5 Å². The zero-order valence-corrected chi connectivity index (χ0v) is 16.0. The molecule has 2 atom stereocenters. The second-order valence-corrected chi connectivity index (χ2v) is 7.13. The molecule has 1 N–H and O–H groups in total. The molecule has 0 amide bonds. The van der Waals surface area contributed by atoms with Gasteiger partial charge in [0.1, 0.15) is 41.2 Å². The Morgan fingerprint density at radius 3 is 2.47 bits per heavy atom. The van der Waals surface area contributed by atoms with Crippen molar-refractivity contribution < 1.29 is 22.7 Å². The average molecular weight is 419 g/mol. The molecule has 0 aliphatic heterocycles. The van der Waals surface area contributed by atoms with Crippen LogP contribution in [-0.4, -0.2) is 29.7 Å². The molecule has 2 aromatic heterocycles. The summed E-state index contributed by atoms with van der Waals surface area (Å²) in [6.07, 6.45) is 2.58. The molecule has 2 aromatic carbocycles. The van der Waals surface area contributed by atoms with Gasteiger partial charge in [-0.15, -0.1) is 0 Å². The first kappa shape index (κ1) is 20.0. The number of hydrogen-bond donors (Lipinski definition) is 1. The van der Waals surface area contributed by atoms with Gasteiger partial charge in [0.2, 0.25) is 0 Å². The minimum atomic E-state index is -1.98. The molecule has 2 heterocycles. The molecule has 0 unspecified atom stereocenters. The number of rotatable bonds is 5. The van der Waals surface area contributed by atoms with Gasteiger partial charge in [-0.3, -0.25) is 4.68 Å². The lowest BCUT2D eigenvalue weighted by Crippen LogP contribution is -2.41. The van der Waals surface area contributed by atoms with E-state index in [9.17, 15) is 22.7 Å². The predicted molar refractivity (Wildman–Crippen MR) is 99.4 cm³/mol. The number of aryl methyl sites for hydroxylation is 1. The minimum Gasteiger partial charge on any atom is -0.381 e. The molecule has 10 heteroatoms. The Bertz CT molecular complexity index is 1220. The first-order chi connectivity index (χ1) is 14.2. The Morgan fingerprint density at radius 1 is 1.07 bits per heavy atom. The van der Waals surface area contributed by atoms with Crippen molar-refractivity contribution in [1.29, 1.82) is 0 Å². The Hall–Kier alpha value is -3.27. The van der Waals surface area contributed by atoms with Crippen molar-refractivity contribution in [2.75, 3.05) is 0 Å². The van der Waals surface area contributed by atoms with Gasteiger partial charge < -0.3 is 5.11 Å². The van der Waals surface area contributed by atoms with Gasteiger partial charge in [0.05, 0.1) is 12.6 Å². The molecule has 30 heavy (non-hydrogen) atoms. The van der Waals surface area contributed by atoms with Gasteiger partial charge in [-0.25, -0.2) is 27.2 Å². The van der Waals surface area contributed by atoms with Crippen molar-refractivity contribution in [2.45, 2.75) is 32.0 Å². The highest BCUT2D eigenvalue weighted by atomic mass is 19.1. The lowest BCUT2D eigenvalue weighted by Gasteiger charge is -2.35. The molecular weight excluding hydrogens is 402 g/mol. The third-order valence-corrected chi connectivity index (χ3v) is 5.29. The number of aliphatic hydroxyl groups is 1. The van der Waals surface area contributed by atoms with Crippen LogP contribution in [0.1, 0.15) is 24.2 Å². The molecule has 0 fully saturated rings. The van der Waals surface area contributed by atoms with Crippen LogP contribution in [0.2, 0.25) is 0 Å². The second kappa shape index (κ2) is 7.21. The van der Waals surface area contributed by atoms with Crippen LogP contribution in [0, 0.1) is 30.2 Å². The first-order valence-corrected chi connectivity index (χ1v) is 9.05. The lowest BCUT2D eigenvalue weighted by molar-refractivity contribution is -0.0373. The highest BCUT2D eigenvalue weighted by Gasteiger charge is 2.41. The van der Waals surface area contributed by atoms with E-state index in [1.165, 1.54) is 22.0 Å². The van der Waals surface area contributed by atoms with E-state index < -0.39 is 34.9 Å². The van der Waals surface area contributed by atoms with E-state index in [-0.39, 0.29) is 23.0 Å². The molecule has 0 radical (unpaired) electrons. The first-order valence-electron chi connectivity index (χ1n) is 9.05. The topological polar surface area (TPSA) is 68.8 Å². The van der Waals surface area contributed by atoms with Crippen molar-refractivity contribution in [3.8, 4) is 0 Å². The van der Waals surface area contributed by atoms with E-state index in [1.54, 1.807) is 13.8 Å². The van der Waals surface area contributed by atoms with E-state index in [0.29, 0.717) is 17.8 Å². The molecule has 0 spiro atoms. The highest BCUT2D eigenvalue weighted by Crippen LogP contribution is 2.38. The van der Waals surface area contributed by atoms with Gasteiger partial charge in [0, 0.05) is 28.8 Å². The van der Waals surface area contributed by atoms with Gasteiger partial charge in [0.25, 0.3) is 0 Å². The van der Waals surface area contributed by atoms with Crippen molar-refractivity contribution in [3.05, 3.63) is 77.5 Å². The predicted octanol–water partition coefficient (Wildman–Crippen LogP) is 3.64. The molecule has 0 aliphatic rings. The summed E-state index contributed by atoms with van der Waals surface area (Å²) in [5.74, 6) is -3.38. The third kappa shape index (κ3) is 3.22. The SMILES string of the molecule is Cc1c2cc(F)cc(F)c2nn1[C@H](C)[C@](O)(Cn1cncn1)c1ccc(F)cc1F. The fourth-order valence-electron chi connectivity index (χ4n) is 3.67. The Balaban J connectivity index is 1.90. The van der Waals surface area contributed by atoms with E-state index in [0.717, 1.165) is 18.2 Å². The Morgan fingerprint density at radius 2 is 1.80 bits per heavy atom. The van der Waals surface area contributed by atoms with Gasteiger partial charge >= 0.3 is 0 Å². The number of halogens is 4. The molecule has 0 saturated carbocycles. The monoisotopic (exact) mass is 419 g/mol. The van der Waals surface area contributed by atoms with Gasteiger partial charge in [-0.2, -0.15) is 10.2 Å².